The lowest BCUT2D eigenvalue weighted by Gasteiger charge is -2.27. The Kier molecular flexibility index (Phi) is 5.32. The van der Waals surface area contributed by atoms with Crippen molar-refractivity contribution in [3.63, 3.8) is 0 Å². The fourth-order valence-corrected chi connectivity index (χ4v) is 3.17. The first-order valence-electron chi connectivity index (χ1n) is 6.48. The highest BCUT2D eigenvalue weighted by molar-refractivity contribution is 8.00. The van der Waals surface area contributed by atoms with E-state index >= 15 is 0 Å². The van der Waals surface area contributed by atoms with Crippen molar-refractivity contribution in [1.29, 1.82) is 0 Å². The van der Waals surface area contributed by atoms with Crippen molar-refractivity contribution >= 4 is 17.7 Å². The Labute approximate surface area is 109 Å². The molecule has 0 bridgehead atoms. The summed E-state index contributed by atoms with van der Waals surface area (Å²) in [5, 5.41) is 3.07. The van der Waals surface area contributed by atoms with Gasteiger partial charge in [0, 0.05) is 23.3 Å². The van der Waals surface area contributed by atoms with Gasteiger partial charge in [0.2, 0.25) is 5.91 Å². The Bertz CT molecular complexity index is 255. The fourth-order valence-electron chi connectivity index (χ4n) is 2.26. The lowest BCUT2D eigenvalue weighted by molar-refractivity contribution is -0.121. The summed E-state index contributed by atoms with van der Waals surface area (Å²) in [6.07, 6.45) is 8.49. The largest absolute Gasteiger partial charge is 0.355 e. The molecule has 0 aromatic heterocycles. The lowest BCUT2D eigenvalue weighted by Crippen LogP contribution is -2.40. The van der Waals surface area contributed by atoms with Gasteiger partial charge in [0.1, 0.15) is 0 Å². The number of rotatable bonds is 6. The molecule has 0 radical (unpaired) electrons. The average molecular weight is 258 g/mol. The minimum absolute atomic E-state index is 0.142. The Morgan fingerprint density at radius 3 is 2.47 bits per heavy atom. The number of hydrogen-bond acceptors (Lipinski definition) is 3. The Hall–Kier alpha value is -0.220. The van der Waals surface area contributed by atoms with Gasteiger partial charge in [-0.1, -0.05) is 12.8 Å². The zero-order valence-electron chi connectivity index (χ0n) is 11.3. The first kappa shape index (κ1) is 14.8. The molecule has 0 spiro atoms. The molecule has 4 heteroatoms. The predicted octanol–water partition coefficient (Wildman–Crippen LogP) is 2.30. The summed E-state index contributed by atoms with van der Waals surface area (Å²) >= 11 is 1.91. The number of nitrogens with one attached hydrogen (secondary N) is 1. The van der Waals surface area contributed by atoms with Crippen LogP contribution in [-0.4, -0.2) is 29.0 Å². The van der Waals surface area contributed by atoms with E-state index < -0.39 is 0 Å². The molecule has 3 N–H and O–H groups in total. The summed E-state index contributed by atoms with van der Waals surface area (Å²) in [5.41, 5.74) is 5.62. The molecule has 1 rings (SSSR count). The van der Waals surface area contributed by atoms with Crippen LogP contribution in [-0.2, 0) is 4.79 Å². The molecule has 0 atom stereocenters. The van der Waals surface area contributed by atoms with E-state index in [0.717, 1.165) is 13.0 Å². The summed E-state index contributed by atoms with van der Waals surface area (Å²) in [7, 11) is 0. The molecular formula is C13H26N2OS. The minimum Gasteiger partial charge on any atom is -0.355 e. The normalized spacial score (nSPS) is 19.3. The molecule has 0 aromatic rings. The van der Waals surface area contributed by atoms with Crippen molar-refractivity contribution in [1.82, 2.24) is 5.32 Å². The van der Waals surface area contributed by atoms with E-state index in [-0.39, 0.29) is 11.4 Å². The van der Waals surface area contributed by atoms with E-state index in [1.54, 1.807) is 0 Å². The average Bonchev–Trinajstić information content (AvgIpc) is 2.72. The Morgan fingerprint density at radius 2 is 2.00 bits per heavy atom. The van der Waals surface area contributed by atoms with Crippen LogP contribution in [0.1, 0.15) is 52.4 Å². The number of amides is 1. The molecule has 100 valence electrons. The van der Waals surface area contributed by atoms with Gasteiger partial charge in [0.05, 0.1) is 0 Å². The van der Waals surface area contributed by atoms with Crippen molar-refractivity contribution < 1.29 is 4.79 Å². The maximum Gasteiger partial charge on any atom is 0.220 e. The molecule has 3 nitrogen and oxygen atoms in total. The summed E-state index contributed by atoms with van der Waals surface area (Å²) < 4.78 is 0.299. The highest BCUT2D eigenvalue weighted by atomic mass is 32.2. The Balaban J connectivity index is 2.27. The summed E-state index contributed by atoms with van der Waals surface area (Å²) in [5.74, 6) is 0.142. The van der Waals surface area contributed by atoms with Crippen LogP contribution in [0.3, 0.4) is 0 Å². The predicted molar refractivity (Wildman–Crippen MR) is 75.2 cm³/mol. The van der Waals surface area contributed by atoms with Crippen LogP contribution < -0.4 is 11.1 Å². The van der Waals surface area contributed by atoms with Crippen LogP contribution in [0.2, 0.25) is 0 Å². The van der Waals surface area contributed by atoms with Crippen molar-refractivity contribution in [2.45, 2.75) is 62.7 Å². The highest BCUT2D eigenvalue weighted by Crippen LogP contribution is 2.39. The van der Waals surface area contributed by atoms with Crippen LogP contribution in [0.4, 0.5) is 0 Å². The summed E-state index contributed by atoms with van der Waals surface area (Å²) in [6, 6.07) is 0. The van der Waals surface area contributed by atoms with Crippen molar-refractivity contribution in [2.75, 3.05) is 12.8 Å². The first-order chi connectivity index (χ1) is 7.87. The van der Waals surface area contributed by atoms with Crippen molar-refractivity contribution in [3.05, 3.63) is 0 Å². The van der Waals surface area contributed by atoms with E-state index in [9.17, 15) is 4.79 Å². The topological polar surface area (TPSA) is 55.1 Å². The van der Waals surface area contributed by atoms with Gasteiger partial charge in [0.15, 0.2) is 0 Å². The zero-order chi connectivity index (χ0) is 12.9. The molecule has 1 aliphatic carbocycles. The molecule has 1 aliphatic rings. The molecule has 1 saturated carbocycles. The van der Waals surface area contributed by atoms with Crippen molar-refractivity contribution in [3.8, 4) is 0 Å². The van der Waals surface area contributed by atoms with E-state index in [4.69, 9.17) is 5.73 Å². The van der Waals surface area contributed by atoms with Crippen LogP contribution in [0.15, 0.2) is 0 Å². The second-order valence-corrected chi connectivity index (χ2v) is 7.13. The van der Waals surface area contributed by atoms with Gasteiger partial charge in [-0.15, -0.1) is 0 Å². The standard InChI is InChI=1S/C13H26N2OS/c1-12(2,14)9-6-11(16)15-10-13(17-3)7-4-5-8-13/h4-10,14H2,1-3H3,(H,15,16). The van der Waals surface area contributed by atoms with Crippen molar-refractivity contribution in [2.24, 2.45) is 5.73 Å². The summed E-state index contributed by atoms with van der Waals surface area (Å²) in [6.45, 7) is 4.74. The number of nitrogens with two attached hydrogens (primary N) is 1. The van der Waals surface area contributed by atoms with E-state index in [1.165, 1.54) is 25.7 Å². The van der Waals surface area contributed by atoms with Gasteiger partial charge in [-0.25, -0.2) is 0 Å². The van der Waals surface area contributed by atoms with Crippen LogP contribution in [0.5, 0.6) is 0 Å². The number of thioether (sulfide) groups is 1. The third-order valence-electron chi connectivity index (χ3n) is 3.55. The Morgan fingerprint density at radius 1 is 1.41 bits per heavy atom. The monoisotopic (exact) mass is 258 g/mol. The zero-order valence-corrected chi connectivity index (χ0v) is 12.2. The SMILES string of the molecule is CSC1(CNC(=O)CCC(C)(C)N)CCCC1. The van der Waals surface area contributed by atoms with Gasteiger partial charge in [-0.05, 0) is 39.4 Å². The smallest absolute Gasteiger partial charge is 0.220 e. The maximum atomic E-state index is 11.7. The lowest BCUT2D eigenvalue weighted by atomic mass is 10.00. The second-order valence-electron chi connectivity index (χ2n) is 5.86. The van der Waals surface area contributed by atoms with E-state index in [1.807, 2.05) is 25.6 Å². The van der Waals surface area contributed by atoms with Crippen LogP contribution >= 0.6 is 11.8 Å². The number of hydrogen-bond donors (Lipinski definition) is 2. The fraction of sp³-hybridized carbons (Fsp3) is 0.923. The minimum atomic E-state index is -0.248. The van der Waals surface area contributed by atoms with Gasteiger partial charge in [-0.2, -0.15) is 11.8 Å². The second kappa shape index (κ2) is 6.10. The van der Waals surface area contributed by atoms with Gasteiger partial charge in [0.25, 0.3) is 0 Å². The molecule has 0 aliphatic heterocycles. The van der Waals surface area contributed by atoms with Gasteiger partial charge in [-0.3, -0.25) is 4.79 Å². The van der Waals surface area contributed by atoms with Gasteiger partial charge < -0.3 is 11.1 Å². The quantitative estimate of drug-likeness (QED) is 0.768. The highest BCUT2D eigenvalue weighted by Gasteiger charge is 2.33. The maximum absolute atomic E-state index is 11.7. The van der Waals surface area contributed by atoms with E-state index in [2.05, 4.69) is 11.6 Å². The summed E-state index contributed by atoms with van der Waals surface area (Å²) in [4.78, 5) is 11.7. The number of carbonyl (C=O) groups is 1. The molecule has 17 heavy (non-hydrogen) atoms. The van der Waals surface area contributed by atoms with Crippen LogP contribution in [0.25, 0.3) is 0 Å². The molecule has 1 amide bonds. The van der Waals surface area contributed by atoms with Gasteiger partial charge >= 0.3 is 0 Å². The van der Waals surface area contributed by atoms with E-state index in [0.29, 0.717) is 11.2 Å². The van der Waals surface area contributed by atoms with Crippen LogP contribution in [0, 0.1) is 0 Å². The third-order valence-corrected chi connectivity index (χ3v) is 4.97. The first-order valence-corrected chi connectivity index (χ1v) is 7.70. The third kappa shape index (κ3) is 5.30. The molecule has 1 fully saturated rings. The number of carbonyl (C=O) groups excluding carboxylic acids is 1. The molecule has 0 saturated heterocycles. The molecular weight excluding hydrogens is 232 g/mol. The molecule has 0 heterocycles. The molecule has 0 unspecified atom stereocenters. The molecule has 0 aromatic carbocycles.